The van der Waals surface area contributed by atoms with E-state index in [1.54, 1.807) is 6.20 Å². The highest BCUT2D eigenvalue weighted by Crippen LogP contribution is 2.07. The van der Waals surface area contributed by atoms with Gasteiger partial charge in [-0.3, -0.25) is 9.48 Å². The van der Waals surface area contributed by atoms with Gasteiger partial charge in [-0.05, 0) is 25.8 Å². The maximum absolute atomic E-state index is 11.4. The summed E-state index contributed by atoms with van der Waals surface area (Å²) >= 11 is 0. The fourth-order valence-electron chi connectivity index (χ4n) is 2.26. The van der Waals surface area contributed by atoms with Crippen LogP contribution in [0.3, 0.4) is 0 Å². The quantitative estimate of drug-likeness (QED) is 0.801. The molecule has 0 saturated carbocycles. The highest BCUT2D eigenvalue weighted by atomic mass is 16.1. The Balaban J connectivity index is 1.80. The zero-order valence-electron chi connectivity index (χ0n) is 10.2. The molecule has 2 heterocycles. The number of aromatic nitrogens is 2. The monoisotopic (exact) mass is 236 g/mol. The molecule has 94 valence electrons. The Bertz CT molecular complexity index is 349. The molecule has 0 spiro atoms. The second-order valence-electron chi connectivity index (χ2n) is 4.69. The van der Waals surface area contributed by atoms with E-state index in [-0.39, 0.29) is 5.91 Å². The predicted octanol–water partition coefficient (Wildman–Crippen LogP) is 0.530. The molecule has 0 radical (unpaired) electrons. The van der Waals surface area contributed by atoms with Crippen LogP contribution in [0.5, 0.6) is 0 Å². The summed E-state index contributed by atoms with van der Waals surface area (Å²) in [6, 6.07) is 2.54. The van der Waals surface area contributed by atoms with Gasteiger partial charge in [-0.2, -0.15) is 5.10 Å². The molecule has 5 heteroatoms. The third-order valence-electron chi connectivity index (χ3n) is 3.02. The summed E-state index contributed by atoms with van der Waals surface area (Å²) in [4.78, 5) is 11.4. The molecule has 1 aliphatic rings. The van der Waals surface area contributed by atoms with Gasteiger partial charge >= 0.3 is 0 Å². The van der Waals surface area contributed by atoms with Crippen LogP contribution in [0.4, 0.5) is 0 Å². The first-order chi connectivity index (χ1) is 8.24. The molecule has 2 rings (SSSR count). The van der Waals surface area contributed by atoms with Crippen LogP contribution < -0.4 is 10.6 Å². The second-order valence-corrected chi connectivity index (χ2v) is 4.69. The zero-order chi connectivity index (χ0) is 12.1. The minimum atomic E-state index is 0.159. The largest absolute Gasteiger partial charge is 0.356 e. The van der Waals surface area contributed by atoms with E-state index in [1.165, 1.54) is 0 Å². The molecule has 2 unspecified atom stereocenters. The van der Waals surface area contributed by atoms with Crippen molar-refractivity contribution in [2.45, 2.75) is 44.8 Å². The molecule has 5 nitrogen and oxygen atoms in total. The van der Waals surface area contributed by atoms with Crippen molar-refractivity contribution in [3.8, 4) is 0 Å². The van der Waals surface area contributed by atoms with Crippen LogP contribution >= 0.6 is 0 Å². The van der Waals surface area contributed by atoms with Gasteiger partial charge in [-0.25, -0.2) is 0 Å². The normalized spacial score (nSPS) is 22.9. The van der Waals surface area contributed by atoms with Crippen molar-refractivity contribution >= 4 is 5.91 Å². The number of hydrogen-bond donors (Lipinski definition) is 2. The number of nitrogens with zero attached hydrogens (tertiary/aromatic N) is 2. The SMILES string of the molecule is CC(Cn1cccn1)NC1CCCNC(=O)C1. The summed E-state index contributed by atoms with van der Waals surface area (Å²) in [5.41, 5.74) is 0. The first kappa shape index (κ1) is 12.1. The van der Waals surface area contributed by atoms with Gasteiger partial charge in [0, 0.05) is 37.4 Å². The highest BCUT2D eigenvalue weighted by molar-refractivity contribution is 5.76. The molecule has 2 N–H and O–H groups in total. The Morgan fingerprint density at radius 1 is 1.71 bits per heavy atom. The van der Waals surface area contributed by atoms with E-state index in [1.807, 2.05) is 16.9 Å². The van der Waals surface area contributed by atoms with Crippen molar-refractivity contribution in [1.82, 2.24) is 20.4 Å². The second kappa shape index (κ2) is 5.82. The molecule has 0 bridgehead atoms. The molecule has 0 aromatic carbocycles. The van der Waals surface area contributed by atoms with Crippen LogP contribution in [0.15, 0.2) is 18.5 Å². The van der Waals surface area contributed by atoms with Crippen molar-refractivity contribution in [3.63, 3.8) is 0 Å². The van der Waals surface area contributed by atoms with Crippen LogP contribution in [-0.4, -0.2) is 34.3 Å². The molecule has 2 atom stereocenters. The topological polar surface area (TPSA) is 59.0 Å². The summed E-state index contributed by atoms with van der Waals surface area (Å²) < 4.78 is 1.91. The van der Waals surface area contributed by atoms with Gasteiger partial charge in [-0.15, -0.1) is 0 Å². The number of hydrogen-bond acceptors (Lipinski definition) is 3. The van der Waals surface area contributed by atoms with E-state index in [9.17, 15) is 4.79 Å². The Morgan fingerprint density at radius 2 is 2.59 bits per heavy atom. The smallest absolute Gasteiger partial charge is 0.221 e. The maximum Gasteiger partial charge on any atom is 0.221 e. The lowest BCUT2D eigenvalue weighted by Crippen LogP contribution is -2.40. The molecule has 1 amide bonds. The lowest BCUT2D eigenvalue weighted by Gasteiger charge is -2.21. The van der Waals surface area contributed by atoms with Crippen molar-refractivity contribution < 1.29 is 4.79 Å². The van der Waals surface area contributed by atoms with Crippen molar-refractivity contribution in [1.29, 1.82) is 0 Å². The first-order valence-corrected chi connectivity index (χ1v) is 6.24. The molecule has 17 heavy (non-hydrogen) atoms. The molecule has 1 aliphatic heterocycles. The standard InChI is InChI=1S/C12H20N4O/c1-10(9-16-7-3-6-14-16)15-11-4-2-5-13-12(17)8-11/h3,6-7,10-11,15H,2,4-5,8-9H2,1H3,(H,13,17). The molecule has 0 aliphatic carbocycles. The molecule has 1 aromatic rings. The van der Waals surface area contributed by atoms with Gasteiger partial charge < -0.3 is 10.6 Å². The summed E-state index contributed by atoms with van der Waals surface area (Å²) in [5.74, 6) is 0.159. The third-order valence-corrected chi connectivity index (χ3v) is 3.02. The lowest BCUT2D eigenvalue weighted by atomic mass is 10.1. The lowest BCUT2D eigenvalue weighted by molar-refractivity contribution is -0.121. The Kier molecular flexibility index (Phi) is 4.14. The van der Waals surface area contributed by atoms with Gasteiger partial charge in [0.05, 0.1) is 6.54 Å². The van der Waals surface area contributed by atoms with Gasteiger partial charge in [0.1, 0.15) is 0 Å². The summed E-state index contributed by atoms with van der Waals surface area (Å²) in [5, 5.41) is 10.6. The van der Waals surface area contributed by atoms with Crippen LogP contribution in [0, 0.1) is 0 Å². The van der Waals surface area contributed by atoms with Crippen LogP contribution in [0.25, 0.3) is 0 Å². The number of amides is 1. The molecule has 1 fully saturated rings. The molecule has 1 saturated heterocycles. The summed E-state index contributed by atoms with van der Waals surface area (Å²) in [6.07, 6.45) is 6.44. The van der Waals surface area contributed by atoms with Crippen LogP contribution in [0.1, 0.15) is 26.2 Å². The Morgan fingerprint density at radius 3 is 3.35 bits per heavy atom. The number of rotatable bonds is 4. The minimum Gasteiger partial charge on any atom is -0.356 e. The Hall–Kier alpha value is -1.36. The van der Waals surface area contributed by atoms with Crippen LogP contribution in [0.2, 0.25) is 0 Å². The number of carbonyl (C=O) groups is 1. The van der Waals surface area contributed by atoms with Crippen molar-refractivity contribution in [3.05, 3.63) is 18.5 Å². The highest BCUT2D eigenvalue weighted by Gasteiger charge is 2.18. The van der Waals surface area contributed by atoms with E-state index >= 15 is 0 Å². The molecular formula is C12H20N4O. The summed E-state index contributed by atoms with van der Waals surface area (Å²) in [7, 11) is 0. The average Bonchev–Trinajstić information content (AvgIpc) is 2.68. The fraction of sp³-hybridized carbons (Fsp3) is 0.667. The third kappa shape index (κ3) is 3.85. The summed E-state index contributed by atoms with van der Waals surface area (Å²) in [6.45, 7) is 3.78. The zero-order valence-corrected chi connectivity index (χ0v) is 10.2. The van der Waals surface area contributed by atoms with Gasteiger partial charge in [0.25, 0.3) is 0 Å². The predicted molar refractivity (Wildman–Crippen MR) is 65.5 cm³/mol. The Labute approximate surface area is 102 Å². The van der Waals surface area contributed by atoms with Gasteiger partial charge in [0.15, 0.2) is 0 Å². The van der Waals surface area contributed by atoms with Crippen molar-refractivity contribution in [2.24, 2.45) is 0 Å². The first-order valence-electron chi connectivity index (χ1n) is 6.24. The van der Waals surface area contributed by atoms with E-state index in [0.717, 1.165) is 25.9 Å². The van der Waals surface area contributed by atoms with Gasteiger partial charge in [0.2, 0.25) is 5.91 Å². The fourth-order valence-corrected chi connectivity index (χ4v) is 2.26. The average molecular weight is 236 g/mol. The van der Waals surface area contributed by atoms with Gasteiger partial charge in [-0.1, -0.05) is 0 Å². The van der Waals surface area contributed by atoms with Crippen LogP contribution in [-0.2, 0) is 11.3 Å². The van der Waals surface area contributed by atoms with E-state index < -0.39 is 0 Å². The van der Waals surface area contributed by atoms with Crippen molar-refractivity contribution in [2.75, 3.05) is 6.54 Å². The van der Waals surface area contributed by atoms with E-state index in [2.05, 4.69) is 22.7 Å². The number of nitrogens with one attached hydrogen (secondary N) is 2. The molecule has 1 aromatic heterocycles. The van der Waals surface area contributed by atoms with E-state index in [0.29, 0.717) is 18.5 Å². The van der Waals surface area contributed by atoms with E-state index in [4.69, 9.17) is 0 Å². The molecular weight excluding hydrogens is 216 g/mol. The minimum absolute atomic E-state index is 0.159. The number of carbonyl (C=O) groups excluding carboxylic acids is 1. The maximum atomic E-state index is 11.4.